The van der Waals surface area contributed by atoms with Crippen LogP contribution in [-0.4, -0.2) is 47.7 Å². The zero-order chi connectivity index (χ0) is 29.7. The van der Waals surface area contributed by atoms with Gasteiger partial charge < -0.3 is 14.9 Å². The van der Waals surface area contributed by atoms with E-state index < -0.39 is 23.0 Å². The van der Waals surface area contributed by atoms with Crippen molar-refractivity contribution in [3.8, 4) is 11.1 Å². The highest BCUT2D eigenvalue weighted by Gasteiger charge is 2.42. The third kappa shape index (κ3) is 6.65. The lowest BCUT2D eigenvalue weighted by molar-refractivity contribution is -0.384. The summed E-state index contributed by atoms with van der Waals surface area (Å²) in [6.07, 6.45) is 1.56. The number of fused-ring (bicyclic) bond motifs is 1. The van der Waals surface area contributed by atoms with Crippen molar-refractivity contribution >= 4 is 62.2 Å². The number of aliphatic carboxylic acids is 1. The highest BCUT2D eigenvalue weighted by Crippen LogP contribution is 2.41. The van der Waals surface area contributed by atoms with Crippen molar-refractivity contribution in [3.63, 3.8) is 0 Å². The van der Waals surface area contributed by atoms with Gasteiger partial charge in [0.15, 0.2) is 0 Å². The fourth-order valence-corrected chi connectivity index (χ4v) is 5.61. The molecule has 0 bridgehead atoms. The Morgan fingerprint density at radius 2 is 1.80 bits per heavy atom. The molecule has 0 spiro atoms. The number of rotatable bonds is 12. The lowest BCUT2D eigenvalue weighted by atomic mass is 10.0. The Morgan fingerprint density at radius 1 is 1.07 bits per heavy atom. The number of carboxylic acids is 1. The van der Waals surface area contributed by atoms with Gasteiger partial charge in [0.25, 0.3) is 5.69 Å². The normalized spacial score (nSPS) is 13.6. The van der Waals surface area contributed by atoms with E-state index in [0.717, 1.165) is 36.1 Å². The van der Waals surface area contributed by atoms with Gasteiger partial charge in [-0.25, -0.2) is 4.79 Å². The van der Waals surface area contributed by atoms with Crippen molar-refractivity contribution in [2.24, 2.45) is 0 Å². The molecule has 4 rings (SSSR count). The molecule has 1 aliphatic rings. The van der Waals surface area contributed by atoms with Crippen LogP contribution in [0.15, 0.2) is 65.1 Å². The Labute approximate surface area is 252 Å². The van der Waals surface area contributed by atoms with Crippen molar-refractivity contribution in [2.75, 3.05) is 34.3 Å². The maximum atomic E-state index is 13.8. The number of hydrogen-bond acceptors (Lipinski definition) is 6. The number of carbonyl (C=O) groups excluding carboxylic acids is 1. The lowest BCUT2D eigenvalue weighted by Crippen LogP contribution is -2.60. The van der Waals surface area contributed by atoms with Gasteiger partial charge in [0.2, 0.25) is 12.1 Å². The quantitative estimate of drug-likeness (QED) is 0.162. The summed E-state index contributed by atoms with van der Waals surface area (Å²) in [5, 5.41) is 23.2. The zero-order valence-electron chi connectivity index (χ0n) is 22.9. The van der Waals surface area contributed by atoms with Crippen LogP contribution in [0.5, 0.6) is 0 Å². The van der Waals surface area contributed by atoms with E-state index in [4.69, 9.17) is 11.6 Å². The third-order valence-corrected chi connectivity index (χ3v) is 7.80. The van der Waals surface area contributed by atoms with E-state index >= 15 is 0 Å². The summed E-state index contributed by atoms with van der Waals surface area (Å²) in [4.78, 5) is 43.0. The minimum Gasteiger partial charge on any atom is -0.478 e. The number of amides is 1. The number of carbonyl (C=O) groups is 2. The van der Waals surface area contributed by atoms with Crippen LogP contribution in [0.25, 0.3) is 11.1 Å². The van der Waals surface area contributed by atoms with Crippen molar-refractivity contribution in [3.05, 3.63) is 80.3 Å². The molecule has 0 fully saturated rings. The molecule has 0 radical (unpaired) electrons. The predicted molar refractivity (Wildman–Crippen MR) is 166 cm³/mol. The Hall–Kier alpha value is -3.63. The van der Waals surface area contributed by atoms with Crippen molar-refractivity contribution in [2.45, 2.75) is 45.7 Å². The number of nitro benzene ring substituents is 1. The average molecular weight is 644 g/mol. The van der Waals surface area contributed by atoms with Crippen LogP contribution in [0.3, 0.4) is 0 Å². The van der Waals surface area contributed by atoms with E-state index in [1.165, 1.54) is 21.9 Å². The molecular formula is C30H32BrClN4O5. The molecule has 1 amide bonds. The van der Waals surface area contributed by atoms with Gasteiger partial charge in [0.05, 0.1) is 22.8 Å². The van der Waals surface area contributed by atoms with Gasteiger partial charge in [-0.15, -0.1) is 0 Å². The van der Waals surface area contributed by atoms with Crippen LogP contribution in [0.2, 0.25) is 5.02 Å². The molecule has 1 atom stereocenters. The lowest BCUT2D eigenvalue weighted by Gasteiger charge is -2.43. The molecule has 41 heavy (non-hydrogen) atoms. The molecule has 1 aliphatic heterocycles. The largest absolute Gasteiger partial charge is 0.478 e. The van der Waals surface area contributed by atoms with Crippen molar-refractivity contribution in [1.29, 1.82) is 0 Å². The molecule has 216 valence electrons. The number of nitro groups is 1. The molecule has 3 aromatic rings. The Kier molecular flexibility index (Phi) is 9.88. The van der Waals surface area contributed by atoms with Crippen LogP contribution >= 0.6 is 27.5 Å². The first-order valence-electron chi connectivity index (χ1n) is 13.6. The van der Waals surface area contributed by atoms with Gasteiger partial charge >= 0.3 is 5.97 Å². The molecule has 9 nitrogen and oxygen atoms in total. The number of carboxylic acid groups (broad SMARTS) is 1. The van der Waals surface area contributed by atoms with E-state index in [1.807, 2.05) is 42.2 Å². The topological polar surface area (TPSA) is 107 Å². The van der Waals surface area contributed by atoms with Gasteiger partial charge in [-0.1, -0.05) is 72.4 Å². The van der Waals surface area contributed by atoms with Crippen LogP contribution in [0.4, 0.5) is 22.7 Å². The Bertz CT molecular complexity index is 1450. The minimum atomic E-state index is -1.51. The summed E-state index contributed by atoms with van der Waals surface area (Å²) in [6.45, 7) is 4.82. The number of nitrogens with zero attached hydrogens (tertiary/aromatic N) is 4. The summed E-state index contributed by atoms with van der Waals surface area (Å²) < 4.78 is 0.561. The second kappa shape index (κ2) is 13.4. The van der Waals surface area contributed by atoms with Gasteiger partial charge in [-0.05, 0) is 60.4 Å². The average Bonchev–Trinajstić information content (AvgIpc) is 2.94. The third-order valence-electron chi connectivity index (χ3n) is 7.07. The highest BCUT2D eigenvalue weighted by atomic mass is 79.9. The standard InChI is InChI=1S/C30H32BrClN4O5/c1-3-5-14-33-19-28(37)35(24-12-10-21(17-26(24)33)20-8-7-9-23(32)16-20)29(30(38)39)34(15-6-4-2)27-18-22(31)11-13-25(27)36(40)41/h7-13,16-18,29H,3-6,14-15,19H2,1-2H3,(H,38,39). The van der Waals surface area contributed by atoms with Gasteiger partial charge in [0, 0.05) is 28.7 Å². The van der Waals surface area contributed by atoms with E-state index in [0.29, 0.717) is 28.1 Å². The first-order valence-corrected chi connectivity index (χ1v) is 14.7. The molecule has 0 saturated heterocycles. The smallest absolute Gasteiger partial charge is 0.347 e. The Morgan fingerprint density at radius 3 is 2.46 bits per heavy atom. The molecule has 1 unspecified atom stereocenters. The van der Waals surface area contributed by atoms with Crippen LogP contribution in [-0.2, 0) is 9.59 Å². The molecule has 0 aromatic heterocycles. The monoisotopic (exact) mass is 642 g/mol. The first-order chi connectivity index (χ1) is 19.7. The molecule has 11 heteroatoms. The van der Waals surface area contributed by atoms with Crippen LogP contribution < -0.4 is 14.7 Å². The number of anilines is 3. The maximum absolute atomic E-state index is 13.8. The van der Waals surface area contributed by atoms with Gasteiger partial charge in [0.1, 0.15) is 5.69 Å². The molecule has 0 aliphatic carbocycles. The second-order valence-electron chi connectivity index (χ2n) is 9.90. The van der Waals surface area contributed by atoms with Crippen molar-refractivity contribution < 1.29 is 19.6 Å². The number of benzene rings is 3. The summed E-state index contributed by atoms with van der Waals surface area (Å²) >= 11 is 9.62. The van der Waals surface area contributed by atoms with E-state index in [1.54, 1.807) is 18.2 Å². The summed E-state index contributed by atoms with van der Waals surface area (Å²) in [7, 11) is 0. The number of hydrogen-bond donors (Lipinski definition) is 1. The first kappa shape index (κ1) is 30.3. The minimum absolute atomic E-state index is 0.0159. The Balaban J connectivity index is 1.90. The molecule has 1 heterocycles. The molecule has 3 aromatic carbocycles. The number of unbranched alkanes of at least 4 members (excludes halogenated alkanes) is 2. The zero-order valence-corrected chi connectivity index (χ0v) is 25.3. The summed E-state index contributed by atoms with van der Waals surface area (Å²) in [5.41, 5.74) is 2.82. The fraction of sp³-hybridized carbons (Fsp3) is 0.333. The second-order valence-corrected chi connectivity index (χ2v) is 11.3. The SMILES string of the molecule is CCCCN1CC(=O)N(C(C(=O)O)N(CCCC)c2cc(Br)ccc2[N+](=O)[O-])c2ccc(-c3cccc(Cl)c3)cc21. The van der Waals surface area contributed by atoms with E-state index in [2.05, 4.69) is 22.9 Å². The van der Waals surface area contributed by atoms with Crippen molar-refractivity contribution in [1.82, 2.24) is 0 Å². The van der Waals surface area contributed by atoms with E-state index in [9.17, 15) is 24.8 Å². The van der Waals surface area contributed by atoms with Crippen LogP contribution in [0.1, 0.15) is 39.5 Å². The fourth-order valence-electron chi connectivity index (χ4n) is 5.07. The van der Waals surface area contributed by atoms with Gasteiger partial charge in [-0.2, -0.15) is 0 Å². The molecule has 0 saturated carbocycles. The summed E-state index contributed by atoms with van der Waals surface area (Å²) in [6, 6.07) is 17.4. The number of halogens is 2. The maximum Gasteiger partial charge on any atom is 0.347 e. The highest BCUT2D eigenvalue weighted by molar-refractivity contribution is 9.10. The molecule has 1 N–H and O–H groups in total. The predicted octanol–water partition coefficient (Wildman–Crippen LogP) is 7.35. The van der Waals surface area contributed by atoms with Gasteiger partial charge in [-0.3, -0.25) is 19.8 Å². The van der Waals surface area contributed by atoms with E-state index in [-0.39, 0.29) is 24.5 Å². The van der Waals surface area contributed by atoms with Crippen LogP contribution in [0, 0.1) is 10.1 Å². The summed E-state index contributed by atoms with van der Waals surface area (Å²) in [5.74, 6) is -1.67. The molecular weight excluding hydrogens is 612 g/mol.